The standard InChI is InChI=1S/C11H24N2O2S/c1-13(7-8-16(2,14)15)9-10-3-5-11(12)6-4-10/h10-11H,3-9,12H2,1-2H3. The fourth-order valence-corrected chi connectivity index (χ4v) is 2.87. The second-order valence-electron chi connectivity index (χ2n) is 5.17. The van der Waals surface area contributed by atoms with E-state index < -0.39 is 9.84 Å². The zero-order chi connectivity index (χ0) is 12.2. The second kappa shape index (κ2) is 5.98. The van der Waals surface area contributed by atoms with Gasteiger partial charge in [0, 0.05) is 25.4 Å². The monoisotopic (exact) mass is 248 g/mol. The summed E-state index contributed by atoms with van der Waals surface area (Å²) in [7, 11) is -0.831. The summed E-state index contributed by atoms with van der Waals surface area (Å²) in [6.07, 6.45) is 5.89. The second-order valence-corrected chi connectivity index (χ2v) is 7.43. The third-order valence-electron chi connectivity index (χ3n) is 3.31. The topological polar surface area (TPSA) is 63.4 Å². The highest BCUT2D eigenvalue weighted by atomic mass is 32.2. The first-order chi connectivity index (χ1) is 7.37. The van der Waals surface area contributed by atoms with Crippen LogP contribution in [0, 0.1) is 5.92 Å². The van der Waals surface area contributed by atoms with Crippen LogP contribution in [-0.4, -0.2) is 51.5 Å². The molecule has 0 unspecified atom stereocenters. The molecule has 0 radical (unpaired) electrons. The van der Waals surface area contributed by atoms with Crippen LogP contribution in [0.2, 0.25) is 0 Å². The van der Waals surface area contributed by atoms with E-state index in [2.05, 4.69) is 4.90 Å². The molecule has 1 rings (SSSR count). The van der Waals surface area contributed by atoms with Crippen molar-refractivity contribution < 1.29 is 8.42 Å². The molecule has 0 amide bonds. The molecule has 0 aromatic heterocycles. The number of nitrogens with two attached hydrogens (primary N) is 1. The maximum Gasteiger partial charge on any atom is 0.148 e. The van der Waals surface area contributed by atoms with E-state index in [-0.39, 0.29) is 5.75 Å². The first-order valence-corrected chi connectivity index (χ1v) is 8.05. The SMILES string of the molecule is CN(CCS(C)(=O)=O)CC1CCC(N)CC1. The van der Waals surface area contributed by atoms with E-state index in [0.717, 1.165) is 19.4 Å². The van der Waals surface area contributed by atoms with Crippen LogP contribution in [0.25, 0.3) is 0 Å². The van der Waals surface area contributed by atoms with Gasteiger partial charge >= 0.3 is 0 Å². The molecule has 1 aliphatic rings. The largest absolute Gasteiger partial charge is 0.328 e. The molecule has 0 aromatic carbocycles. The third kappa shape index (κ3) is 5.82. The highest BCUT2D eigenvalue weighted by Crippen LogP contribution is 2.23. The number of nitrogens with zero attached hydrogens (tertiary/aromatic N) is 1. The molecule has 0 atom stereocenters. The van der Waals surface area contributed by atoms with Crippen LogP contribution in [0.4, 0.5) is 0 Å². The van der Waals surface area contributed by atoms with Crippen LogP contribution >= 0.6 is 0 Å². The quantitative estimate of drug-likeness (QED) is 0.768. The maximum atomic E-state index is 11.0. The van der Waals surface area contributed by atoms with Crippen molar-refractivity contribution in [1.29, 1.82) is 0 Å². The van der Waals surface area contributed by atoms with E-state index in [4.69, 9.17) is 5.73 Å². The summed E-state index contributed by atoms with van der Waals surface area (Å²) in [6, 6.07) is 0.387. The van der Waals surface area contributed by atoms with Gasteiger partial charge in [-0.1, -0.05) is 0 Å². The van der Waals surface area contributed by atoms with Gasteiger partial charge in [-0.3, -0.25) is 0 Å². The normalized spacial score (nSPS) is 27.2. The van der Waals surface area contributed by atoms with Crippen molar-refractivity contribution in [1.82, 2.24) is 4.90 Å². The van der Waals surface area contributed by atoms with Crippen LogP contribution in [0.15, 0.2) is 0 Å². The lowest BCUT2D eigenvalue weighted by atomic mass is 9.86. The predicted octanol–water partition coefficient (Wildman–Crippen LogP) is 0.480. The minimum atomic E-state index is -2.83. The van der Waals surface area contributed by atoms with E-state index in [1.165, 1.54) is 19.1 Å². The zero-order valence-corrected chi connectivity index (χ0v) is 11.2. The van der Waals surface area contributed by atoms with Gasteiger partial charge in [-0.25, -0.2) is 8.42 Å². The van der Waals surface area contributed by atoms with Gasteiger partial charge in [-0.15, -0.1) is 0 Å². The molecule has 0 heterocycles. The number of sulfone groups is 1. The number of rotatable bonds is 5. The predicted molar refractivity (Wildman–Crippen MR) is 67.1 cm³/mol. The van der Waals surface area contributed by atoms with Crippen LogP contribution in [0.1, 0.15) is 25.7 Å². The summed E-state index contributed by atoms with van der Waals surface area (Å²) in [5.41, 5.74) is 5.85. The molecule has 1 aliphatic carbocycles. The van der Waals surface area contributed by atoms with Crippen molar-refractivity contribution in [2.75, 3.05) is 32.1 Å². The Labute approximate surface area is 99.1 Å². The molecular weight excluding hydrogens is 224 g/mol. The fraction of sp³-hybridized carbons (Fsp3) is 1.00. The maximum absolute atomic E-state index is 11.0. The molecule has 5 heteroatoms. The Morgan fingerprint density at radius 2 is 1.81 bits per heavy atom. The van der Waals surface area contributed by atoms with Crippen molar-refractivity contribution in [2.24, 2.45) is 11.7 Å². The van der Waals surface area contributed by atoms with Gasteiger partial charge < -0.3 is 10.6 Å². The lowest BCUT2D eigenvalue weighted by Crippen LogP contribution is -2.34. The van der Waals surface area contributed by atoms with Gasteiger partial charge in [-0.2, -0.15) is 0 Å². The van der Waals surface area contributed by atoms with Crippen molar-refractivity contribution >= 4 is 9.84 Å². The Bertz CT molecular complexity index is 295. The van der Waals surface area contributed by atoms with E-state index >= 15 is 0 Å². The number of hydrogen-bond donors (Lipinski definition) is 1. The summed E-state index contributed by atoms with van der Waals surface area (Å²) >= 11 is 0. The van der Waals surface area contributed by atoms with Crippen molar-refractivity contribution in [3.63, 3.8) is 0 Å². The van der Waals surface area contributed by atoms with Crippen LogP contribution in [0.5, 0.6) is 0 Å². The average Bonchev–Trinajstić information content (AvgIpc) is 2.18. The Morgan fingerprint density at radius 1 is 1.25 bits per heavy atom. The van der Waals surface area contributed by atoms with Crippen LogP contribution in [-0.2, 0) is 9.84 Å². The Kier molecular flexibility index (Phi) is 5.21. The van der Waals surface area contributed by atoms with Crippen molar-refractivity contribution in [2.45, 2.75) is 31.7 Å². The molecule has 0 bridgehead atoms. The Balaban J connectivity index is 2.21. The Hall–Kier alpha value is -0.130. The molecule has 1 fully saturated rings. The molecule has 16 heavy (non-hydrogen) atoms. The van der Waals surface area contributed by atoms with E-state index in [1.807, 2.05) is 7.05 Å². The van der Waals surface area contributed by atoms with Gasteiger partial charge in [0.15, 0.2) is 0 Å². The van der Waals surface area contributed by atoms with Gasteiger partial charge in [0.1, 0.15) is 9.84 Å². The first kappa shape index (κ1) is 13.9. The molecular formula is C11H24N2O2S. The highest BCUT2D eigenvalue weighted by molar-refractivity contribution is 7.90. The zero-order valence-electron chi connectivity index (χ0n) is 10.4. The van der Waals surface area contributed by atoms with E-state index in [1.54, 1.807) is 0 Å². The van der Waals surface area contributed by atoms with Crippen molar-refractivity contribution in [3.05, 3.63) is 0 Å². The highest BCUT2D eigenvalue weighted by Gasteiger charge is 2.19. The van der Waals surface area contributed by atoms with Gasteiger partial charge in [0.2, 0.25) is 0 Å². The smallest absolute Gasteiger partial charge is 0.148 e. The fourth-order valence-electron chi connectivity index (χ4n) is 2.22. The minimum absolute atomic E-state index is 0.260. The van der Waals surface area contributed by atoms with E-state index in [0.29, 0.717) is 18.5 Å². The molecule has 4 nitrogen and oxygen atoms in total. The average molecular weight is 248 g/mol. The third-order valence-corrected chi connectivity index (χ3v) is 4.23. The van der Waals surface area contributed by atoms with Crippen LogP contribution in [0.3, 0.4) is 0 Å². The van der Waals surface area contributed by atoms with E-state index in [9.17, 15) is 8.42 Å². The first-order valence-electron chi connectivity index (χ1n) is 5.98. The number of hydrogen-bond acceptors (Lipinski definition) is 4. The van der Waals surface area contributed by atoms with Gasteiger partial charge in [0.25, 0.3) is 0 Å². The lowest BCUT2D eigenvalue weighted by molar-refractivity contribution is 0.231. The van der Waals surface area contributed by atoms with Gasteiger partial charge in [-0.05, 0) is 38.6 Å². The summed E-state index contributed by atoms with van der Waals surface area (Å²) < 4.78 is 22.1. The molecule has 1 saturated carbocycles. The molecule has 96 valence electrons. The van der Waals surface area contributed by atoms with Gasteiger partial charge in [0.05, 0.1) is 5.75 Å². The Morgan fingerprint density at radius 3 is 2.31 bits per heavy atom. The van der Waals surface area contributed by atoms with Crippen molar-refractivity contribution in [3.8, 4) is 0 Å². The minimum Gasteiger partial charge on any atom is -0.328 e. The summed E-state index contributed by atoms with van der Waals surface area (Å²) in [6.45, 7) is 1.64. The molecule has 0 saturated heterocycles. The molecule has 0 spiro atoms. The lowest BCUT2D eigenvalue weighted by Gasteiger charge is -2.29. The van der Waals surface area contributed by atoms with Crippen LogP contribution < -0.4 is 5.73 Å². The summed E-state index contributed by atoms with van der Waals surface area (Å²) in [5, 5.41) is 0. The molecule has 0 aliphatic heterocycles. The molecule has 2 N–H and O–H groups in total. The summed E-state index contributed by atoms with van der Waals surface area (Å²) in [4.78, 5) is 2.13. The molecule has 0 aromatic rings. The summed E-state index contributed by atoms with van der Waals surface area (Å²) in [5.74, 6) is 0.958.